The number of carbonyl (C=O) groups is 1. The van der Waals surface area contributed by atoms with Crippen LogP contribution in [0.1, 0.15) is 23.1 Å². The minimum atomic E-state index is -0.0451. The molecule has 0 bridgehead atoms. The van der Waals surface area contributed by atoms with Crippen molar-refractivity contribution in [2.45, 2.75) is 19.9 Å². The number of aryl methyl sites for hydroxylation is 1. The monoisotopic (exact) mass is 368 g/mol. The fraction of sp³-hybridized carbons (Fsp3) is 0.400. The van der Waals surface area contributed by atoms with Gasteiger partial charge in [-0.1, -0.05) is 24.3 Å². The minimum Gasteiger partial charge on any atom is -0.315 e. The fourth-order valence-electron chi connectivity index (χ4n) is 3.23. The lowest BCUT2D eigenvalue weighted by molar-refractivity contribution is -0.117. The highest BCUT2D eigenvalue weighted by atomic mass is 32.1. The highest BCUT2D eigenvalue weighted by Crippen LogP contribution is 2.22. The summed E-state index contributed by atoms with van der Waals surface area (Å²) in [4.78, 5) is 17.0. The van der Waals surface area contributed by atoms with E-state index < -0.39 is 0 Å². The third-order valence-electron chi connectivity index (χ3n) is 4.74. The van der Waals surface area contributed by atoms with Gasteiger partial charge in [0.2, 0.25) is 5.91 Å². The topological polar surface area (TPSA) is 59.4 Å². The third kappa shape index (κ3) is 4.92. The maximum absolute atomic E-state index is 12.3. The summed E-state index contributed by atoms with van der Waals surface area (Å²) in [5.41, 5.74) is 3.24. The molecule has 0 aliphatic carbocycles. The first-order valence-electron chi connectivity index (χ1n) is 8.92. The Morgan fingerprint density at radius 3 is 2.77 bits per heavy atom. The van der Waals surface area contributed by atoms with E-state index in [1.54, 1.807) is 6.07 Å². The number of hydrogen-bond acceptors (Lipinski definition) is 5. The second-order valence-corrected chi connectivity index (χ2v) is 7.57. The molecule has 2 heterocycles. The van der Waals surface area contributed by atoms with Crippen LogP contribution in [0.3, 0.4) is 0 Å². The van der Waals surface area contributed by atoms with Crippen molar-refractivity contribution in [3.63, 3.8) is 0 Å². The van der Waals surface area contributed by atoms with E-state index >= 15 is 0 Å². The number of nitriles is 1. The Kier molecular flexibility index (Phi) is 6.40. The summed E-state index contributed by atoms with van der Waals surface area (Å²) in [6, 6.07) is 12.4. The number of benzene rings is 1. The van der Waals surface area contributed by atoms with Crippen LogP contribution in [0.25, 0.3) is 0 Å². The van der Waals surface area contributed by atoms with Gasteiger partial charge in [-0.3, -0.25) is 14.6 Å². The molecule has 0 spiro atoms. The van der Waals surface area contributed by atoms with E-state index in [1.807, 2.05) is 5.38 Å². The van der Waals surface area contributed by atoms with Gasteiger partial charge in [0.25, 0.3) is 0 Å². The standard InChI is InChI=1S/C20H24N4OS/c1-16-5-2-3-6-18(16)14-23-8-4-9-24(11-10-23)15-19(25)22-20-17(13-21)7-12-26-20/h2-3,5-7,12H,4,8-11,14-15H2,1H3,(H,22,25). The zero-order chi connectivity index (χ0) is 18.4. The number of carbonyl (C=O) groups excluding carboxylic acids is 1. The number of nitrogens with one attached hydrogen (secondary N) is 1. The summed E-state index contributed by atoms with van der Waals surface area (Å²) in [5.74, 6) is -0.0451. The van der Waals surface area contributed by atoms with E-state index in [2.05, 4.69) is 52.4 Å². The normalized spacial score (nSPS) is 16.0. The first-order chi connectivity index (χ1) is 12.7. The van der Waals surface area contributed by atoms with Crippen LogP contribution in [0.2, 0.25) is 0 Å². The number of hydrogen-bond donors (Lipinski definition) is 1. The van der Waals surface area contributed by atoms with Crippen molar-refractivity contribution < 1.29 is 4.79 Å². The van der Waals surface area contributed by atoms with E-state index in [0.29, 0.717) is 17.1 Å². The molecular weight excluding hydrogens is 344 g/mol. The average molecular weight is 369 g/mol. The Morgan fingerprint density at radius 1 is 1.19 bits per heavy atom. The molecule has 0 unspecified atom stereocenters. The lowest BCUT2D eigenvalue weighted by atomic mass is 10.1. The van der Waals surface area contributed by atoms with Crippen molar-refractivity contribution in [1.82, 2.24) is 9.80 Å². The first-order valence-corrected chi connectivity index (χ1v) is 9.80. The van der Waals surface area contributed by atoms with Crippen LogP contribution in [0.5, 0.6) is 0 Å². The molecule has 1 fully saturated rings. The number of thiophene rings is 1. The maximum atomic E-state index is 12.3. The van der Waals surface area contributed by atoms with Crippen molar-refractivity contribution in [3.8, 4) is 6.07 Å². The van der Waals surface area contributed by atoms with E-state index in [4.69, 9.17) is 5.26 Å². The van der Waals surface area contributed by atoms with E-state index in [9.17, 15) is 4.79 Å². The Labute approximate surface area is 158 Å². The Hall–Kier alpha value is -2.20. The number of nitrogens with zero attached hydrogens (tertiary/aromatic N) is 3. The van der Waals surface area contributed by atoms with Crippen LogP contribution < -0.4 is 5.32 Å². The summed E-state index contributed by atoms with van der Waals surface area (Å²) in [5, 5.41) is 14.4. The summed E-state index contributed by atoms with van der Waals surface area (Å²) in [6.07, 6.45) is 1.06. The zero-order valence-electron chi connectivity index (χ0n) is 15.1. The molecule has 1 N–H and O–H groups in total. The summed E-state index contributed by atoms with van der Waals surface area (Å²) in [7, 11) is 0. The average Bonchev–Trinajstić information content (AvgIpc) is 2.96. The van der Waals surface area contributed by atoms with Crippen LogP contribution in [-0.2, 0) is 11.3 Å². The maximum Gasteiger partial charge on any atom is 0.239 e. The van der Waals surface area contributed by atoms with Crippen LogP contribution in [0.15, 0.2) is 35.7 Å². The molecule has 0 saturated carbocycles. The first kappa shape index (κ1) is 18.6. The predicted molar refractivity (Wildman–Crippen MR) is 105 cm³/mol. The van der Waals surface area contributed by atoms with Crippen molar-refractivity contribution >= 4 is 22.2 Å². The van der Waals surface area contributed by atoms with Gasteiger partial charge in [-0.2, -0.15) is 5.26 Å². The molecule has 1 saturated heterocycles. The Bertz CT molecular complexity index is 795. The molecular formula is C20H24N4OS. The van der Waals surface area contributed by atoms with Gasteiger partial charge in [0.05, 0.1) is 12.1 Å². The molecule has 136 valence electrons. The Balaban J connectivity index is 1.50. The van der Waals surface area contributed by atoms with Gasteiger partial charge in [-0.15, -0.1) is 11.3 Å². The minimum absolute atomic E-state index is 0.0451. The molecule has 26 heavy (non-hydrogen) atoms. The van der Waals surface area contributed by atoms with Gasteiger partial charge in [0.15, 0.2) is 0 Å². The van der Waals surface area contributed by atoms with Crippen molar-refractivity contribution in [2.24, 2.45) is 0 Å². The summed E-state index contributed by atoms with van der Waals surface area (Å²) >= 11 is 1.39. The van der Waals surface area contributed by atoms with Gasteiger partial charge in [-0.05, 0) is 49.0 Å². The number of amides is 1. The summed E-state index contributed by atoms with van der Waals surface area (Å²) in [6.45, 7) is 7.32. The largest absolute Gasteiger partial charge is 0.315 e. The van der Waals surface area contributed by atoms with Crippen LogP contribution in [-0.4, -0.2) is 48.4 Å². The highest BCUT2D eigenvalue weighted by molar-refractivity contribution is 7.14. The van der Waals surface area contributed by atoms with Crippen LogP contribution in [0.4, 0.5) is 5.00 Å². The van der Waals surface area contributed by atoms with Gasteiger partial charge >= 0.3 is 0 Å². The van der Waals surface area contributed by atoms with Gasteiger partial charge in [0, 0.05) is 19.6 Å². The fourth-order valence-corrected chi connectivity index (χ4v) is 3.99. The second kappa shape index (κ2) is 8.95. The molecule has 0 radical (unpaired) electrons. The molecule has 1 aliphatic heterocycles. The van der Waals surface area contributed by atoms with Gasteiger partial charge in [0.1, 0.15) is 11.1 Å². The van der Waals surface area contributed by atoms with Gasteiger partial charge in [-0.25, -0.2) is 0 Å². The predicted octanol–water partition coefficient (Wildman–Crippen LogP) is 3.07. The molecule has 6 heteroatoms. The molecule has 1 amide bonds. The van der Waals surface area contributed by atoms with Crippen molar-refractivity contribution in [1.29, 1.82) is 5.26 Å². The van der Waals surface area contributed by atoms with Gasteiger partial charge < -0.3 is 5.32 Å². The van der Waals surface area contributed by atoms with E-state index in [0.717, 1.165) is 39.1 Å². The molecule has 1 aromatic carbocycles. The Morgan fingerprint density at radius 2 is 1.96 bits per heavy atom. The smallest absolute Gasteiger partial charge is 0.239 e. The number of anilines is 1. The molecule has 5 nitrogen and oxygen atoms in total. The number of rotatable bonds is 5. The van der Waals surface area contributed by atoms with Crippen LogP contribution >= 0.6 is 11.3 Å². The molecule has 2 aromatic rings. The zero-order valence-corrected chi connectivity index (χ0v) is 15.9. The highest BCUT2D eigenvalue weighted by Gasteiger charge is 2.18. The van der Waals surface area contributed by atoms with Crippen molar-refractivity contribution in [3.05, 3.63) is 52.4 Å². The SMILES string of the molecule is Cc1ccccc1CN1CCCN(CC(=O)Nc2sccc2C#N)CC1. The lowest BCUT2D eigenvalue weighted by Gasteiger charge is -2.22. The second-order valence-electron chi connectivity index (χ2n) is 6.66. The molecule has 0 atom stereocenters. The van der Waals surface area contributed by atoms with E-state index in [1.165, 1.54) is 22.5 Å². The molecule has 1 aromatic heterocycles. The quantitative estimate of drug-likeness (QED) is 0.881. The van der Waals surface area contributed by atoms with Crippen LogP contribution in [0, 0.1) is 18.3 Å². The molecule has 3 rings (SSSR count). The van der Waals surface area contributed by atoms with Crippen molar-refractivity contribution in [2.75, 3.05) is 38.0 Å². The lowest BCUT2D eigenvalue weighted by Crippen LogP contribution is -2.36. The molecule has 1 aliphatic rings. The summed E-state index contributed by atoms with van der Waals surface area (Å²) < 4.78 is 0. The van der Waals surface area contributed by atoms with E-state index in [-0.39, 0.29) is 5.91 Å². The third-order valence-corrected chi connectivity index (χ3v) is 5.57.